The van der Waals surface area contributed by atoms with E-state index in [1.807, 2.05) is 0 Å². The van der Waals surface area contributed by atoms with Crippen LogP contribution in [0.2, 0.25) is 0 Å². The monoisotopic (exact) mass is 244 g/mol. The van der Waals surface area contributed by atoms with Gasteiger partial charge >= 0.3 is 6.18 Å². The van der Waals surface area contributed by atoms with Crippen LogP contribution in [0.4, 0.5) is 22.0 Å². The van der Waals surface area contributed by atoms with Gasteiger partial charge in [0.1, 0.15) is 17.4 Å². The zero-order valence-corrected chi connectivity index (χ0v) is 7.96. The van der Waals surface area contributed by atoms with Gasteiger partial charge in [0.2, 0.25) is 0 Å². The normalized spacial score (nSPS) is 13.9. The Labute approximate surface area is 84.4 Å². The molecule has 1 aromatic carbocycles. The van der Waals surface area contributed by atoms with E-state index in [2.05, 4.69) is 0 Å². The molecule has 0 aliphatic heterocycles. The molecule has 1 unspecified atom stereocenters. The molecule has 84 valence electrons. The van der Waals surface area contributed by atoms with Gasteiger partial charge in [0.25, 0.3) is 0 Å². The number of halogens is 5. The van der Waals surface area contributed by atoms with E-state index in [0.29, 0.717) is 18.2 Å². The molecule has 0 aliphatic carbocycles. The molecule has 0 fully saturated rings. The molecule has 0 aromatic heterocycles. The van der Waals surface area contributed by atoms with Crippen molar-refractivity contribution in [3.8, 4) is 0 Å². The van der Waals surface area contributed by atoms with Gasteiger partial charge in [0, 0.05) is 11.0 Å². The highest BCUT2D eigenvalue weighted by Gasteiger charge is 2.31. The van der Waals surface area contributed by atoms with Gasteiger partial charge in [-0.25, -0.2) is 8.78 Å². The largest absolute Gasteiger partial charge is 0.400 e. The van der Waals surface area contributed by atoms with Crippen molar-refractivity contribution in [2.45, 2.75) is 11.1 Å². The molecule has 0 N–H and O–H groups in total. The summed E-state index contributed by atoms with van der Waals surface area (Å²) in [5.74, 6) is -3.73. The summed E-state index contributed by atoms with van der Waals surface area (Å²) in [5, 5.41) is 0. The second-order valence-electron chi connectivity index (χ2n) is 2.71. The fourth-order valence-corrected chi connectivity index (χ4v) is 1.84. The van der Waals surface area contributed by atoms with E-state index in [4.69, 9.17) is 0 Å². The van der Waals surface area contributed by atoms with Crippen LogP contribution in [0.15, 0.2) is 23.1 Å². The third-order valence-electron chi connectivity index (χ3n) is 1.39. The average molecular weight is 244 g/mol. The maximum atomic E-state index is 12.6. The van der Waals surface area contributed by atoms with Crippen LogP contribution in [0.1, 0.15) is 0 Å². The molecule has 15 heavy (non-hydrogen) atoms. The molecule has 1 atom stereocenters. The third-order valence-corrected chi connectivity index (χ3v) is 2.74. The molecule has 1 rings (SSSR count). The van der Waals surface area contributed by atoms with Crippen molar-refractivity contribution in [2.75, 3.05) is 5.75 Å². The summed E-state index contributed by atoms with van der Waals surface area (Å²) in [5.41, 5.74) is 0. The molecule has 0 saturated carbocycles. The minimum Gasteiger partial charge on any atom is -0.254 e. The predicted octanol–water partition coefficient (Wildman–Crippen LogP) is 2.63. The zero-order valence-electron chi connectivity index (χ0n) is 7.15. The second-order valence-corrected chi connectivity index (χ2v) is 4.16. The van der Waals surface area contributed by atoms with Gasteiger partial charge in [-0.3, -0.25) is 4.21 Å². The summed E-state index contributed by atoms with van der Waals surface area (Å²) in [4.78, 5) is -0.509. The lowest BCUT2D eigenvalue weighted by atomic mass is 10.3. The summed E-state index contributed by atoms with van der Waals surface area (Å²) in [6, 6.07) is 1.73. The highest BCUT2D eigenvalue weighted by Crippen LogP contribution is 2.20. The van der Waals surface area contributed by atoms with Gasteiger partial charge in [-0.05, 0) is 12.1 Å². The minimum absolute atomic E-state index is 0.494. The highest BCUT2D eigenvalue weighted by atomic mass is 32.2. The molecule has 0 amide bonds. The SMILES string of the molecule is O=S(CC(F)(F)F)c1cc(F)cc(F)c1. The van der Waals surface area contributed by atoms with Crippen molar-refractivity contribution >= 4 is 10.8 Å². The van der Waals surface area contributed by atoms with E-state index in [9.17, 15) is 26.2 Å². The first-order valence-electron chi connectivity index (χ1n) is 3.69. The van der Waals surface area contributed by atoms with E-state index in [-0.39, 0.29) is 0 Å². The zero-order chi connectivity index (χ0) is 11.6. The fourth-order valence-electron chi connectivity index (χ4n) is 0.892. The summed E-state index contributed by atoms with van der Waals surface area (Å²) < 4.78 is 71.6. The summed E-state index contributed by atoms with van der Waals surface area (Å²) in [6.07, 6.45) is -4.63. The first kappa shape index (κ1) is 12.1. The van der Waals surface area contributed by atoms with Gasteiger partial charge in [0.15, 0.2) is 0 Å². The smallest absolute Gasteiger partial charge is 0.254 e. The van der Waals surface area contributed by atoms with Crippen molar-refractivity contribution in [3.63, 3.8) is 0 Å². The summed E-state index contributed by atoms with van der Waals surface area (Å²) in [6.45, 7) is 0. The molecule has 7 heteroatoms. The topological polar surface area (TPSA) is 17.1 Å². The average Bonchev–Trinajstić information content (AvgIpc) is 1.98. The first-order chi connectivity index (χ1) is 6.78. The minimum atomic E-state index is -4.63. The van der Waals surface area contributed by atoms with Gasteiger partial charge in [-0.1, -0.05) is 0 Å². The maximum Gasteiger partial charge on any atom is 0.400 e. The molecular formula is C8H5F5OS. The Morgan fingerprint density at radius 2 is 1.53 bits per heavy atom. The van der Waals surface area contributed by atoms with Gasteiger partial charge in [-0.2, -0.15) is 13.2 Å². The maximum absolute atomic E-state index is 12.6. The quantitative estimate of drug-likeness (QED) is 0.731. The first-order valence-corrected chi connectivity index (χ1v) is 5.01. The summed E-state index contributed by atoms with van der Waals surface area (Å²) in [7, 11) is -2.48. The summed E-state index contributed by atoms with van der Waals surface area (Å²) >= 11 is 0. The number of hydrogen-bond acceptors (Lipinski definition) is 1. The van der Waals surface area contributed by atoms with Crippen molar-refractivity contribution < 1.29 is 26.2 Å². The Bertz CT molecular complexity index is 367. The Morgan fingerprint density at radius 1 is 1.07 bits per heavy atom. The molecule has 0 heterocycles. The van der Waals surface area contributed by atoms with Crippen LogP contribution in [-0.2, 0) is 10.8 Å². The molecule has 1 aromatic rings. The lowest BCUT2D eigenvalue weighted by molar-refractivity contribution is -0.105. The Balaban J connectivity index is 2.92. The number of benzene rings is 1. The van der Waals surface area contributed by atoms with E-state index < -0.39 is 39.3 Å². The van der Waals surface area contributed by atoms with Gasteiger partial charge in [-0.15, -0.1) is 0 Å². The van der Waals surface area contributed by atoms with Crippen LogP contribution in [0.5, 0.6) is 0 Å². The number of hydrogen-bond donors (Lipinski definition) is 0. The molecule has 0 spiro atoms. The van der Waals surface area contributed by atoms with Crippen molar-refractivity contribution in [1.82, 2.24) is 0 Å². The Hall–Kier alpha value is -0.980. The fraction of sp³-hybridized carbons (Fsp3) is 0.250. The molecule has 0 bridgehead atoms. The molecule has 1 nitrogen and oxygen atoms in total. The van der Waals surface area contributed by atoms with Crippen molar-refractivity contribution in [2.24, 2.45) is 0 Å². The van der Waals surface area contributed by atoms with E-state index in [0.717, 1.165) is 0 Å². The predicted molar refractivity (Wildman–Crippen MR) is 43.7 cm³/mol. The molecule has 0 radical (unpaired) electrons. The van der Waals surface area contributed by atoms with Crippen LogP contribution >= 0.6 is 0 Å². The van der Waals surface area contributed by atoms with Crippen LogP contribution < -0.4 is 0 Å². The van der Waals surface area contributed by atoms with E-state index >= 15 is 0 Å². The molecule has 0 saturated heterocycles. The van der Waals surface area contributed by atoms with Crippen molar-refractivity contribution in [3.05, 3.63) is 29.8 Å². The second kappa shape index (κ2) is 4.26. The van der Waals surface area contributed by atoms with Gasteiger partial charge in [0.05, 0.1) is 10.8 Å². The van der Waals surface area contributed by atoms with Crippen LogP contribution in [0.25, 0.3) is 0 Å². The van der Waals surface area contributed by atoms with Crippen molar-refractivity contribution in [1.29, 1.82) is 0 Å². The molecule has 0 aliphatic rings. The molecular weight excluding hydrogens is 239 g/mol. The number of rotatable bonds is 2. The highest BCUT2D eigenvalue weighted by molar-refractivity contribution is 7.85. The number of alkyl halides is 3. The van der Waals surface area contributed by atoms with E-state index in [1.165, 1.54) is 0 Å². The lowest BCUT2D eigenvalue weighted by Gasteiger charge is -2.06. The standard InChI is InChI=1S/C8H5F5OS/c9-5-1-6(10)3-7(2-5)15(14)4-8(11,12)13/h1-3H,4H2. The van der Waals surface area contributed by atoms with E-state index in [1.54, 1.807) is 0 Å². The third kappa shape index (κ3) is 3.94. The Morgan fingerprint density at radius 3 is 1.93 bits per heavy atom. The Kier molecular flexibility index (Phi) is 3.43. The van der Waals surface area contributed by atoms with Crippen LogP contribution in [-0.4, -0.2) is 16.1 Å². The van der Waals surface area contributed by atoms with Crippen LogP contribution in [0, 0.1) is 11.6 Å². The van der Waals surface area contributed by atoms with Gasteiger partial charge < -0.3 is 0 Å². The van der Waals surface area contributed by atoms with Crippen LogP contribution in [0.3, 0.4) is 0 Å². The lowest BCUT2D eigenvalue weighted by Crippen LogP contribution is -2.18.